The number of nitrogens with zero attached hydrogens (tertiary/aromatic N) is 2. The monoisotopic (exact) mass is 671 g/mol. The zero-order valence-corrected chi connectivity index (χ0v) is 25.6. The fraction of sp³-hybridized carbons (Fsp3) is 0.690. The number of carbonyl (C=O) groups excluding carboxylic acids is 2. The number of piperidine rings is 1. The van der Waals surface area contributed by atoms with E-state index >= 15 is 0 Å². The lowest BCUT2D eigenvalue weighted by Crippen LogP contribution is -2.48. The molecule has 2 heterocycles. The number of carboxylic acids is 1. The first-order valence-electron chi connectivity index (χ1n) is 14.7. The molecule has 2 saturated heterocycles. The maximum absolute atomic E-state index is 13.1. The maximum atomic E-state index is 13.1. The van der Waals surface area contributed by atoms with Crippen molar-refractivity contribution in [3.8, 4) is 0 Å². The minimum atomic E-state index is -5.08. The Morgan fingerprint density at radius 3 is 2.00 bits per heavy atom. The molecule has 3 fully saturated rings. The van der Waals surface area contributed by atoms with Gasteiger partial charge >= 0.3 is 18.3 Å². The van der Waals surface area contributed by atoms with E-state index in [1.165, 1.54) is 0 Å². The van der Waals surface area contributed by atoms with Gasteiger partial charge in [0.2, 0.25) is 11.8 Å². The lowest BCUT2D eigenvalue weighted by atomic mass is 9.81. The minimum absolute atomic E-state index is 0.0525. The van der Waals surface area contributed by atoms with Crippen molar-refractivity contribution in [1.29, 1.82) is 0 Å². The topological polar surface area (TPSA) is 138 Å². The van der Waals surface area contributed by atoms with Crippen molar-refractivity contribution in [3.05, 3.63) is 35.4 Å². The summed E-state index contributed by atoms with van der Waals surface area (Å²) >= 11 is 0. The third-order valence-electron chi connectivity index (χ3n) is 8.92. The van der Waals surface area contributed by atoms with Crippen LogP contribution in [0.25, 0.3) is 0 Å². The molecule has 3 aliphatic rings. The Morgan fingerprint density at radius 1 is 0.978 bits per heavy atom. The van der Waals surface area contributed by atoms with Crippen LogP contribution in [-0.4, -0.2) is 97.2 Å². The van der Waals surface area contributed by atoms with Gasteiger partial charge in [-0.2, -0.15) is 26.3 Å². The molecule has 254 valence electrons. The fourth-order valence-corrected chi connectivity index (χ4v) is 7.34. The molecule has 1 aromatic carbocycles. The summed E-state index contributed by atoms with van der Waals surface area (Å²) in [5.41, 5.74) is 7.07. The van der Waals surface area contributed by atoms with Crippen LogP contribution in [0.5, 0.6) is 0 Å². The van der Waals surface area contributed by atoms with Crippen LogP contribution in [0, 0.1) is 11.8 Å². The molecular formula is C29H39F6N3O6S. The Bertz CT molecular complexity index is 1300. The first kappa shape index (κ1) is 36.6. The minimum Gasteiger partial charge on any atom is -0.475 e. The quantitative estimate of drug-likeness (QED) is 0.372. The van der Waals surface area contributed by atoms with Crippen molar-refractivity contribution in [2.75, 3.05) is 31.6 Å². The summed E-state index contributed by atoms with van der Waals surface area (Å²) in [5, 5.41) is 7.12. The van der Waals surface area contributed by atoms with Crippen LogP contribution in [0.15, 0.2) is 24.3 Å². The second kappa shape index (κ2) is 14.7. The van der Waals surface area contributed by atoms with Crippen LogP contribution >= 0.6 is 0 Å². The molecule has 1 aromatic rings. The van der Waals surface area contributed by atoms with E-state index in [9.17, 15) is 44.3 Å². The van der Waals surface area contributed by atoms with E-state index in [1.807, 2.05) is 18.2 Å². The van der Waals surface area contributed by atoms with E-state index in [2.05, 4.69) is 4.90 Å². The molecule has 1 unspecified atom stereocenters. The lowest BCUT2D eigenvalue weighted by Gasteiger charge is -2.41. The average molecular weight is 672 g/mol. The highest BCUT2D eigenvalue weighted by Gasteiger charge is 2.43. The smallest absolute Gasteiger partial charge is 0.475 e. The van der Waals surface area contributed by atoms with Gasteiger partial charge in [0, 0.05) is 43.5 Å². The van der Waals surface area contributed by atoms with E-state index in [0.29, 0.717) is 56.0 Å². The number of rotatable bonds is 9. The van der Waals surface area contributed by atoms with Gasteiger partial charge in [-0.3, -0.25) is 14.5 Å². The Hall–Kier alpha value is -2.88. The van der Waals surface area contributed by atoms with Crippen molar-refractivity contribution < 1.29 is 54.3 Å². The molecule has 16 heteroatoms. The zero-order valence-electron chi connectivity index (χ0n) is 24.8. The fourth-order valence-electron chi connectivity index (χ4n) is 6.71. The van der Waals surface area contributed by atoms with E-state index in [4.69, 9.17) is 15.6 Å². The van der Waals surface area contributed by atoms with Crippen molar-refractivity contribution in [1.82, 2.24) is 9.80 Å². The SMILES string of the molecule is CS(=O)(=O)CC(=O)N(CCN1[C@@H]2CC[C@H]1CC(c1cccc(C(N)=O)c1)C2)CC1CCC(C(F)(F)F)CC1.O=C(O)C(F)(F)F. The van der Waals surface area contributed by atoms with Crippen LogP contribution in [0.2, 0.25) is 0 Å². The molecule has 0 spiro atoms. The summed E-state index contributed by atoms with van der Waals surface area (Å²) in [6, 6.07) is 8.13. The third-order valence-corrected chi connectivity index (χ3v) is 9.70. The predicted molar refractivity (Wildman–Crippen MR) is 152 cm³/mol. The maximum Gasteiger partial charge on any atom is 0.490 e. The second-order valence-electron chi connectivity index (χ2n) is 12.3. The van der Waals surface area contributed by atoms with Gasteiger partial charge in [-0.25, -0.2) is 13.2 Å². The molecule has 1 saturated carbocycles. The molecule has 0 aromatic heterocycles. The molecule has 3 atom stereocenters. The predicted octanol–water partition coefficient (Wildman–Crippen LogP) is 4.37. The normalized spacial score (nSPS) is 25.6. The van der Waals surface area contributed by atoms with Crippen molar-refractivity contribution >= 4 is 27.6 Å². The van der Waals surface area contributed by atoms with Gasteiger partial charge in [-0.1, -0.05) is 12.1 Å². The standard InChI is InChI=1S/C27H38F3N3O4S.C2HF3O2/c1-38(36,37)17-25(34)32(16-18-5-7-22(8-6-18)27(28,29)30)11-12-33-23-9-10-24(33)15-21(14-23)19-3-2-4-20(13-19)26(31)35;3-2(4,5)1(6)7/h2-4,13,18,21-24H,5-12,14-17H2,1H3,(H2,31,35);(H,6,7)/t18?,21?,22?,23-,24+;. The molecular weight excluding hydrogens is 632 g/mol. The highest BCUT2D eigenvalue weighted by atomic mass is 32.2. The summed E-state index contributed by atoms with van der Waals surface area (Å²) in [5.74, 6) is -5.30. The van der Waals surface area contributed by atoms with Crippen LogP contribution in [0.4, 0.5) is 26.3 Å². The molecule has 2 amide bonds. The number of amides is 2. The first-order chi connectivity index (χ1) is 20.7. The summed E-state index contributed by atoms with van der Waals surface area (Å²) in [7, 11) is -3.52. The largest absolute Gasteiger partial charge is 0.490 e. The van der Waals surface area contributed by atoms with Gasteiger partial charge in [-0.05, 0) is 80.9 Å². The Kier molecular flexibility index (Phi) is 11.9. The highest BCUT2D eigenvalue weighted by Crippen LogP contribution is 2.43. The van der Waals surface area contributed by atoms with Gasteiger partial charge in [0.25, 0.3) is 0 Å². The van der Waals surface area contributed by atoms with E-state index in [1.54, 1.807) is 11.0 Å². The number of halogens is 6. The van der Waals surface area contributed by atoms with Crippen molar-refractivity contribution in [2.24, 2.45) is 17.6 Å². The third kappa shape index (κ3) is 10.9. The van der Waals surface area contributed by atoms with Gasteiger partial charge < -0.3 is 15.7 Å². The molecule has 1 aliphatic carbocycles. The van der Waals surface area contributed by atoms with Crippen molar-refractivity contribution in [3.63, 3.8) is 0 Å². The molecule has 3 N–H and O–H groups in total. The average Bonchev–Trinajstić information content (AvgIpc) is 3.15. The number of alkyl halides is 6. The molecule has 4 rings (SSSR count). The van der Waals surface area contributed by atoms with E-state index < -0.39 is 51.6 Å². The number of primary amides is 1. The number of aliphatic carboxylic acids is 1. The number of carbonyl (C=O) groups is 3. The molecule has 45 heavy (non-hydrogen) atoms. The Balaban J connectivity index is 0.000000707. The van der Waals surface area contributed by atoms with Crippen LogP contribution < -0.4 is 5.73 Å². The number of hydrogen-bond acceptors (Lipinski definition) is 6. The van der Waals surface area contributed by atoms with E-state index in [0.717, 1.165) is 37.5 Å². The summed E-state index contributed by atoms with van der Waals surface area (Å²) in [6.07, 6.45) is -3.45. The van der Waals surface area contributed by atoms with E-state index in [-0.39, 0.29) is 18.8 Å². The number of sulfone groups is 1. The van der Waals surface area contributed by atoms with Gasteiger partial charge in [-0.15, -0.1) is 0 Å². The van der Waals surface area contributed by atoms with Gasteiger partial charge in [0.1, 0.15) is 5.75 Å². The first-order valence-corrected chi connectivity index (χ1v) is 16.8. The van der Waals surface area contributed by atoms with Crippen LogP contribution in [-0.2, 0) is 19.4 Å². The van der Waals surface area contributed by atoms with Crippen LogP contribution in [0.1, 0.15) is 73.2 Å². The number of benzene rings is 1. The molecule has 9 nitrogen and oxygen atoms in total. The van der Waals surface area contributed by atoms with Gasteiger partial charge in [0.05, 0.1) is 5.92 Å². The summed E-state index contributed by atoms with van der Waals surface area (Å²) in [4.78, 5) is 37.4. The van der Waals surface area contributed by atoms with Crippen LogP contribution in [0.3, 0.4) is 0 Å². The highest BCUT2D eigenvalue weighted by molar-refractivity contribution is 7.91. The Morgan fingerprint density at radius 2 is 1.53 bits per heavy atom. The molecule has 2 bridgehead atoms. The number of hydrogen-bond donors (Lipinski definition) is 2. The van der Waals surface area contributed by atoms with Crippen molar-refractivity contribution in [2.45, 2.75) is 81.7 Å². The lowest BCUT2D eigenvalue weighted by molar-refractivity contribution is -0.192. The number of fused-ring (bicyclic) bond motifs is 2. The summed E-state index contributed by atoms with van der Waals surface area (Å²) in [6.45, 7) is 1.27. The number of carboxylic acid groups (broad SMARTS) is 1. The van der Waals surface area contributed by atoms with Gasteiger partial charge in [0.15, 0.2) is 9.84 Å². The summed E-state index contributed by atoms with van der Waals surface area (Å²) < 4.78 is 94.7. The Labute approximate surface area is 258 Å². The number of nitrogens with two attached hydrogens (primary N) is 1. The zero-order chi connectivity index (χ0) is 33.7. The molecule has 0 radical (unpaired) electrons. The second-order valence-corrected chi connectivity index (χ2v) is 14.4. The molecule has 2 aliphatic heterocycles.